The molecule has 0 aliphatic carbocycles. The van der Waals surface area contributed by atoms with Gasteiger partial charge in [0.15, 0.2) is 0 Å². The van der Waals surface area contributed by atoms with Crippen molar-refractivity contribution in [2.75, 3.05) is 0 Å². The highest BCUT2D eigenvalue weighted by Crippen LogP contribution is 2.22. The van der Waals surface area contributed by atoms with Crippen LogP contribution < -0.4 is 0 Å². The summed E-state index contributed by atoms with van der Waals surface area (Å²) in [5, 5.41) is 10.9. The summed E-state index contributed by atoms with van der Waals surface area (Å²) in [5.74, 6) is 0. The summed E-state index contributed by atoms with van der Waals surface area (Å²) >= 11 is 11.8. The SMILES string of the molecule is CCCC(O)Cc1cc(Cl)ccc1Cl. The molecule has 1 nitrogen and oxygen atoms in total. The van der Waals surface area contributed by atoms with Gasteiger partial charge in [0.2, 0.25) is 0 Å². The lowest BCUT2D eigenvalue weighted by molar-refractivity contribution is 0.164. The van der Waals surface area contributed by atoms with E-state index in [0.29, 0.717) is 16.5 Å². The van der Waals surface area contributed by atoms with E-state index in [1.165, 1.54) is 0 Å². The van der Waals surface area contributed by atoms with Gasteiger partial charge in [-0.25, -0.2) is 0 Å². The zero-order valence-electron chi connectivity index (χ0n) is 8.13. The first-order valence-corrected chi connectivity index (χ1v) is 5.51. The van der Waals surface area contributed by atoms with Gasteiger partial charge in [-0.2, -0.15) is 0 Å². The van der Waals surface area contributed by atoms with Crippen molar-refractivity contribution in [3.63, 3.8) is 0 Å². The van der Waals surface area contributed by atoms with E-state index in [9.17, 15) is 5.11 Å². The Bertz CT molecular complexity index is 299. The highest BCUT2D eigenvalue weighted by atomic mass is 35.5. The van der Waals surface area contributed by atoms with Crippen LogP contribution in [0.5, 0.6) is 0 Å². The van der Waals surface area contributed by atoms with Gasteiger partial charge in [0.25, 0.3) is 0 Å². The Morgan fingerprint density at radius 1 is 1.36 bits per heavy atom. The van der Waals surface area contributed by atoms with E-state index < -0.39 is 0 Å². The Kier molecular flexibility index (Phi) is 4.73. The minimum absolute atomic E-state index is 0.323. The summed E-state index contributed by atoms with van der Waals surface area (Å²) in [6.07, 6.45) is 2.02. The van der Waals surface area contributed by atoms with Crippen molar-refractivity contribution in [1.29, 1.82) is 0 Å². The molecule has 0 bridgehead atoms. The molecular formula is C11H14Cl2O. The van der Waals surface area contributed by atoms with Gasteiger partial charge in [-0.05, 0) is 36.6 Å². The predicted octanol–water partition coefficient (Wildman–Crippen LogP) is 3.70. The maximum atomic E-state index is 9.62. The zero-order valence-corrected chi connectivity index (χ0v) is 9.65. The molecule has 0 aliphatic rings. The topological polar surface area (TPSA) is 20.2 Å². The summed E-state index contributed by atoms with van der Waals surface area (Å²) in [4.78, 5) is 0. The van der Waals surface area contributed by atoms with Crippen LogP contribution in [0.2, 0.25) is 10.0 Å². The van der Waals surface area contributed by atoms with Crippen molar-refractivity contribution < 1.29 is 5.11 Å². The second-order valence-corrected chi connectivity index (χ2v) is 4.23. The average molecular weight is 233 g/mol. The largest absolute Gasteiger partial charge is 0.393 e. The van der Waals surface area contributed by atoms with E-state index in [4.69, 9.17) is 23.2 Å². The molecule has 0 heterocycles. The zero-order chi connectivity index (χ0) is 10.6. The smallest absolute Gasteiger partial charge is 0.0581 e. The molecule has 0 aliphatic heterocycles. The summed E-state index contributed by atoms with van der Waals surface area (Å²) in [5.41, 5.74) is 0.917. The first-order chi connectivity index (χ1) is 6.63. The molecule has 14 heavy (non-hydrogen) atoms. The Morgan fingerprint density at radius 3 is 2.71 bits per heavy atom. The van der Waals surface area contributed by atoms with E-state index in [1.54, 1.807) is 12.1 Å². The molecule has 1 aromatic rings. The fraction of sp³-hybridized carbons (Fsp3) is 0.455. The van der Waals surface area contributed by atoms with Gasteiger partial charge in [0.1, 0.15) is 0 Å². The van der Waals surface area contributed by atoms with Crippen LogP contribution in [0.3, 0.4) is 0 Å². The molecule has 0 amide bonds. The fourth-order valence-electron chi connectivity index (χ4n) is 1.39. The minimum Gasteiger partial charge on any atom is -0.393 e. The quantitative estimate of drug-likeness (QED) is 0.840. The maximum Gasteiger partial charge on any atom is 0.0581 e. The lowest BCUT2D eigenvalue weighted by Gasteiger charge is -2.10. The molecule has 3 heteroatoms. The third-order valence-electron chi connectivity index (χ3n) is 2.09. The normalized spacial score (nSPS) is 12.9. The molecule has 1 aromatic carbocycles. The molecule has 0 fully saturated rings. The van der Waals surface area contributed by atoms with Gasteiger partial charge in [0, 0.05) is 10.0 Å². The molecule has 0 aromatic heterocycles. The lowest BCUT2D eigenvalue weighted by Crippen LogP contribution is -2.09. The fourth-order valence-corrected chi connectivity index (χ4v) is 1.78. The van der Waals surface area contributed by atoms with Crippen LogP contribution in [0.1, 0.15) is 25.3 Å². The monoisotopic (exact) mass is 232 g/mol. The lowest BCUT2D eigenvalue weighted by atomic mass is 10.0. The van der Waals surface area contributed by atoms with Crippen LogP contribution in [0.25, 0.3) is 0 Å². The first-order valence-electron chi connectivity index (χ1n) is 4.75. The summed E-state index contributed by atoms with van der Waals surface area (Å²) in [7, 11) is 0. The second kappa shape index (κ2) is 5.59. The van der Waals surface area contributed by atoms with Crippen LogP contribution in [0.15, 0.2) is 18.2 Å². The molecule has 1 unspecified atom stereocenters. The van der Waals surface area contributed by atoms with Gasteiger partial charge in [-0.1, -0.05) is 36.5 Å². The van der Waals surface area contributed by atoms with Crippen LogP contribution >= 0.6 is 23.2 Å². The Balaban J connectivity index is 2.70. The third-order valence-corrected chi connectivity index (χ3v) is 2.69. The molecule has 0 saturated heterocycles. The van der Waals surface area contributed by atoms with Crippen molar-refractivity contribution in [3.05, 3.63) is 33.8 Å². The highest BCUT2D eigenvalue weighted by molar-refractivity contribution is 6.33. The van der Waals surface area contributed by atoms with Crippen molar-refractivity contribution >= 4 is 23.2 Å². The van der Waals surface area contributed by atoms with Gasteiger partial charge in [0.05, 0.1) is 6.10 Å². The molecule has 0 spiro atoms. The number of halogens is 2. The number of aliphatic hydroxyl groups is 1. The van der Waals surface area contributed by atoms with Gasteiger partial charge in [-0.15, -0.1) is 0 Å². The van der Waals surface area contributed by atoms with Gasteiger partial charge < -0.3 is 5.11 Å². The average Bonchev–Trinajstić information content (AvgIpc) is 2.12. The van der Waals surface area contributed by atoms with Crippen LogP contribution in [-0.4, -0.2) is 11.2 Å². The number of hydrogen-bond donors (Lipinski definition) is 1. The minimum atomic E-state index is -0.323. The van der Waals surface area contributed by atoms with Crippen LogP contribution in [0.4, 0.5) is 0 Å². The molecular weight excluding hydrogens is 219 g/mol. The van der Waals surface area contributed by atoms with E-state index in [1.807, 2.05) is 13.0 Å². The second-order valence-electron chi connectivity index (χ2n) is 3.38. The number of benzene rings is 1. The third kappa shape index (κ3) is 3.49. The molecule has 1 rings (SSSR count). The van der Waals surface area contributed by atoms with Crippen molar-refractivity contribution in [1.82, 2.24) is 0 Å². The number of rotatable bonds is 4. The van der Waals surface area contributed by atoms with E-state index in [-0.39, 0.29) is 6.10 Å². The van der Waals surface area contributed by atoms with E-state index in [2.05, 4.69) is 0 Å². The summed E-state index contributed by atoms with van der Waals surface area (Å²) < 4.78 is 0. The molecule has 0 saturated carbocycles. The molecule has 78 valence electrons. The predicted molar refractivity (Wildman–Crippen MR) is 61.1 cm³/mol. The van der Waals surface area contributed by atoms with Crippen LogP contribution in [0, 0.1) is 0 Å². The van der Waals surface area contributed by atoms with Crippen LogP contribution in [-0.2, 0) is 6.42 Å². The number of hydrogen-bond acceptors (Lipinski definition) is 1. The standard InChI is InChI=1S/C11H14Cl2O/c1-2-3-10(14)7-8-6-9(12)4-5-11(8)13/h4-6,10,14H,2-3,7H2,1H3. The van der Waals surface area contributed by atoms with Gasteiger partial charge >= 0.3 is 0 Å². The maximum absolute atomic E-state index is 9.62. The molecule has 1 atom stereocenters. The first kappa shape index (κ1) is 11.8. The summed E-state index contributed by atoms with van der Waals surface area (Å²) in [6.45, 7) is 2.04. The Hall–Kier alpha value is -0.240. The highest BCUT2D eigenvalue weighted by Gasteiger charge is 2.07. The van der Waals surface area contributed by atoms with Crippen molar-refractivity contribution in [2.45, 2.75) is 32.3 Å². The van der Waals surface area contributed by atoms with E-state index >= 15 is 0 Å². The Morgan fingerprint density at radius 2 is 2.07 bits per heavy atom. The number of aliphatic hydroxyl groups excluding tert-OH is 1. The van der Waals surface area contributed by atoms with Crippen molar-refractivity contribution in [3.8, 4) is 0 Å². The summed E-state index contributed by atoms with van der Waals surface area (Å²) in [6, 6.07) is 5.32. The molecule has 1 N–H and O–H groups in total. The van der Waals surface area contributed by atoms with Crippen molar-refractivity contribution in [2.24, 2.45) is 0 Å². The van der Waals surface area contributed by atoms with E-state index in [0.717, 1.165) is 18.4 Å². The van der Waals surface area contributed by atoms with Gasteiger partial charge in [-0.3, -0.25) is 0 Å². The Labute approximate surface area is 94.7 Å². The molecule has 0 radical (unpaired) electrons.